The summed E-state index contributed by atoms with van der Waals surface area (Å²) in [4.78, 5) is 23.5. The fourth-order valence-corrected chi connectivity index (χ4v) is 2.96. The minimum atomic E-state index is -0.933. The number of rotatable bonds is 21. The van der Waals surface area contributed by atoms with Crippen molar-refractivity contribution >= 4 is 11.9 Å². The molecule has 0 rings (SSSR count). The van der Waals surface area contributed by atoms with Crippen LogP contribution in [-0.2, 0) is 23.8 Å². The van der Waals surface area contributed by atoms with Gasteiger partial charge in [0.05, 0.1) is 13.2 Å². The van der Waals surface area contributed by atoms with E-state index in [1.54, 1.807) is 0 Å². The minimum Gasteiger partial charge on any atom is -0.462 e. The first-order valence-electron chi connectivity index (χ1n) is 12.1. The summed E-state index contributed by atoms with van der Waals surface area (Å²) in [6.45, 7) is 1.62. The van der Waals surface area contributed by atoms with Crippen LogP contribution < -0.4 is 5.73 Å². The van der Waals surface area contributed by atoms with E-state index >= 15 is 0 Å². The lowest BCUT2D eigenvalue weighted by atomic mass is 10.1. The fourth-order valence-electron chi connectivity index (χ4n) is 2.96. The number of hydrogen-bond acceptors (Lipinski definition) is 7. The molecule has 7 nitrogen and oxygen atoms in total. The topological polar surface area (TPSA) is 108 Å². The Labute approximate surface area is 194 Å². The van der Waals surface area contributed by atoms with Gasteiger partial charge in [-0.05, 0) is 38.5 Å². The van der Waals surface area contributed by atoms with Crippen molar-refractivity contribution in [2.24, 2.45) is 5.73 Å². The van der Waals surface area contributed by atoms with Gasteiger partial charge in [-0.1, -0.05) is 63.3 Å². The van der Waals surface area contributed by atoms with Gasteiger partial charge in [0, 0.05) is 13.5 Å². The molecule has 0 spiro atoms. The lowest BCUT2D eigenvalue weighted by Crippen LogP contribution is -2.40. The second-order valence-corrected chi connectivity index (χ2v) is 7.97. The van der Waals surface area contributed by atoms with Gasteiger partial charge in [-0.15, -0.1) is 0 Å². The van der Waals surface area contributed by atoms with Crippen molar-refractivity contribution in [1.29, 1.82) is 0 Å². The fraction of sp³-hybridized carbons (Fsp3) is 0.760. The van der Waals surface area contributed by atoms with Gasteiger partial charge < -0.3 is 25.1 Å². The average Bonchev–Trinajstić information content (AvgIpc) is 2.79. The summed E-state index contributed by atoms with van der Waals surface area (Å²) in [5.74, 6) is -1.05. The van der Waals surface area contributed by atoms with E-state index in [0.29, 0.717) is 6.42 Å². The van der Waals surface area contributed by atoms with Gasteiger partial charge in [0.2, 0.25) is 0 Å². The van der Waals surface area contributed by atoms with E-state index in [1.165, 1.54) is 32.8 Å². The Morgan fingerprint density at radius 2 is 1.53 bits per heavy atom. The van der Waals surface area contributed by atoms with Gasteiger partial charge in [-0.25, -0.2) is 0 Å². The third-order valence-electron chi connectivity index (χ3n) is 4.90. The Morgan fingerprint density at radius 3 is 2.16 bits per heavy atom. The predicted molar refractivity (Wildman–Crippen MR) is 127 cm³/mol. The highest BCUT2D eigenvalue weighted by Crippen LogP contribution is 2.09. The SMILES string of the molecule is CCCCC/C=C\C/C=C\CCCCCCCC(=O)OC[C@H](CO)OC(=O)[C@@H](N)COC. The van der Waals surface area contributed by atoms with Crippen LogP contribution in [0.1, 0.15) is 84.0 Å². The summed E-state index contributed by atoms with van der Waals surface area (Å²) in [5.41, 5.74) is 5.56. The van der Waals surface area contributed by atoms with Crippen molar-refractivity contribution in [3.63, 3.8) is 0 Å². The second-order valence-electron chi connectivity index (χ2n) is 7.97. The van der Waals surface area contributed by atoms with Gasteiger partial charge >= 0.3 is 11.9 Å². The van der Waals surface area contributed by atoms with Crippen molar-refractivity contribution in [2.45, 2.75) is 96.1 Å². The molecule has 0 aromatic carbocycles. The first-order chi connectivity index (χ1) is 15.5. The van der Waals surface area contributed by atoms with Gasteiger partial charge in [-0.3, -0.25) is 9.59 Å². The maximum Gasteiger partial charge on any atom is 0.325 e. The van der Waals surface area contributed by atoms with Crippen molar-refractivity contribution < 1.29 is 28.9 Å². The maximum absolute atomic E-state index is 11.8. The van der Waals surface area contributed by atoms with Gasteiger partial charge in [0.25, 0.3) is 0 Å². The quantitative estimate of drug-likeness (QED) is 0.151. The minimum absolute atomic E-state index is 0.0175. The van der Waals surface area contributed by atoms with Crippen LogP contribution in [-0.4, -0.2) is 56.1 Å². The van der Waals surface area contributed by atoms with Crippen LogP contribution in [0, 0.1) is 0 Å². The summed E-state index contributed by atoms with van der Waals surface area (Å²) < 4.78 is 14.9. The maximum atomic E-state index is 11.8. The first kappa shape index (κ1) is 30.3. The highest BCUT2D eigenvalue weighted by atomic mass is 16.6. The molecule has 0 saturated heterocycles. The van der Waals surface area contributed by atoms with Gasteiger partial charge in [0.1, 0.15) is 12.6 Å². The summed E-state index contributed by atoms with van der Waals surface area (Å²) in [6, 6.07) is -0.933. The van der Waals surface area contributed by atoms with Crippen LogP contribution in [0.5, 0.6) is 0 Å². The number of esters is 2. The number of unbranched alkanes of at least 4 members (excludes halogenated alkanes) is 8. The third-order valence-corrected chi connectivity index (χ3v) is 4.90. The van der Waals surface area contributed by atoms with Gasteiger partial charge in [-0.2, -0.15) is 0 Å². The van der Waals surface area contributed by atoms with Crippen LogP contribution in [0.3, 0.4) is 0 Å². The second kappa shape index (κ2) is 22.5. The smallest absolute Gasteiger partial charge is 0.325 e. The van der Waals surface area contributed by atoms with E-state index in [2.05, 4.69) is 31.2 Å². The highest BCUT2D eigenvalue weighted by Gasteiger charge is 2.21. The number of allylic oxidation sites excluding steroid dienone is 4. The van der Waals surface area contributed by atoms with Gasteiger partial charge in [0.15, 0.2) is 6.10 Å². The zero-order valence-electron chi connectivity index (χ0n) is 20.1. The number of aliphatic hydroxyl groups excluding tert-OH is 1. The number of nitrogens with two attached hydrogens (primary N) is 1. The molecule has 0 aliphatic heterocycles. The van der Waals surface area contributed by atoms with Crippen molar-refractivity contribution in [3.05, 3.63) is 24.3 Å². The zero-order valence-corrected chi connectivity index (χ0v) is 20.1. The van der Waals surface area contributed by atoms with Crippen LogP contribution in [0.4, 0.5) is 0 Å². The molecule has 0 heterocycles. The normalized spacial score (nSPS) is 13.5. The molecule has 32 heavy (non-hydrogen) atoms. The molecule has 0 aliphatic carbocycles. The number of hydrogen-bond donors (Lipinski definition) is 2. The average molecular weight is 456 g/mol. The molecule has 0 fully saturated rings. The van der Waals surface area contributed by atoms with Crippen molar-refractivity contribution in [2.75, 3.05) is 26.9 Å². The van der Waals surface area contributed by atoms with Crippen LogP contribution >= 0.6 is 0 Å². The molecule has 186 valence electrons. The standard InChI is InChI=1S/C25H45NO6/c1-3-4-5-6-7-8-9-10-11-12-13-14-15-16-17-18-24(28)31-20-22(19-27)32-25(29)23(26)21-30-2/h7-8,10-11,22-23,27H,3-6,9,12-21,26H2,1-2H3/b8-7-,11-10-/t22-,23-/m0/s1. The largest absolute Gasteiger partial charge is 0.462 e. The number of methoxy groups -OCH3 is 1. The molecule has 7 heteroatoms. The molecular formula is C25H45NO6. The van der Waals surface area contributed by atoms with E-state index in [1.807, 2.05) is 0 Å². The number of carbonyl (C=O) groups is 2. The summed E-state index contributed by atoms with van der Waals surface area (Å²) >= 11 is 0. The summed E-state index contributed by atoms with van der Waals surface area (Å²) in [6.07, 6.45) is 20.7. The predicted octanol–water partition coefficient (Wildman–Crippen LogP) is 4.22. The van der Waals surface area contributed by atoms with E-state index in [9.17, 15) is 14.7 Å². The van der Waals surface area contributed by atoms with E-state index in [0.717, 1.165) is 44.9 Å². The monoisotopic (exact) mass is 455 g/mol. The van der Waals surface area contributed by atoms with Crippen molar-refractivity contribution in [3.8, 4) is 0 Å². The Balaban J connectivity index is 3.64. The zero-order chi connectivity index (χ0) is 23.9. The Hall–Kier alpha value is -1.70. The van der Waals surface area contributed by atoms with E-state index in [4.69, 9.17) is 19.9 Å². The number of aliphatic hydroxyl groups is 1. The molecule has 0 aromatic rings. The summed E-state index contributed by atoms with van der Waals surface area (Å²) in [7, 11) is 1.42. The first-order valence-corrected chi connectivity index (χ1v) is 12.1. The number of ether oxygens (including phenoxy) is 3. The lowest BCUT2D eigenvalue weighted by Gasteiger charge is -2.18. The molecule has 0 saturated carbocycles. The molecule has 3 N–H and O–H groups in total. The molecule has 0 aromatic heterocycles. The van der Waals surface area contributed by atoms with E-state index in [-0.39, 0.29) is 19.2 Å². The molecule has 0 unspecified atom stereocenters. The molecule has 0 amide bonds. The van der Waals surface area contributed by atoms with Crippen LogP contribution in [0.2, 0.25) is 0 Å². The Kier molecular flexibility index (Phi) is 21.3. The van der Waals surface area contributed by atoms with E-state index < -0.39 is 24.7 Å². The van der Waals surface area contributed by atoms with Crippen LogP contribution in [0.15, 0.2) is 24.3 Å². The Bertz CT molecular complexity index is 521. The van der Waals surface area contributed by atoms with Crippen molar-refractivity contribution in [1.82, 2.24) is 0 Å². The Morgan fingerprint density at radius 1 is 0.906 bits per heavy atom. The number of carbonyl (C=O) groups excluding carboxylic acids is 2. The molecule has 2 atom stereocenters. The lowest BCUT2D eigenvalue weighted by molar-refractivity contribution is -0.163. The third kappa shape index (κ3) is 19.0. The molecule has 0 radical (unpaired) electrons. The molecular weight excluding hydrogens is 410 g/mol. The molecule has 0 aliphatic rings. The molecule has 0 bridgehead atoms. The highest BCUT2D eigenvalue weighted by molar-refractivity contribution is 5.75. The van der Waals surface area contributed by atoms with Crippen LogP contribution in [0.25, 0.3) is 0 Å². The summed E-state index contributed by atoms with van der Waals surface area (Å²) in [5, 5.41) is 9.27.